The monoisotopic (exact) mass is 381 g/mol. The fourth-order valence-corrected chi connectivity index (χ4v) is 3.65. The van der Waals surface area contributed by atoms with E-state index in [1.54, 1.807) is 14.2 Å². The van der Waals surface area contributed by atoms with Crippen molar-refractivity contribution in [3.05, 3.63) is 36.4 Å². The van der Waals surface area contributed by atoms with Gasteiger partial charge < -0.3 is 19.2 Å². The Balaban J connectivity index is 1.48. The van der Waals surface area contributed by atoms with Crippen molar-refractivity contribution in [2.24, 2.45) is 0 Å². The van der Waals surface area contributed by atoms with Crippen molar-refractivity contribution < 1.29 is 14.2 Å². The highest BCUT2D eigenvalue weighted by Crippen LogP contribution is 2.32. The quantitative estimate of drug-likeness (QED) is 0.667. The van der Waals surface area contributed by atoms with Gasteiger partial charge >= 0.3 is 0 Å². The van der Waals surface area contributed by atoms with Crippen LogP contribution in [0.25, 0.3) is 22.4 Å². The summed E-state index contributed by atoms with van der Waals surface area (Å²) in [6, 6.07) is 11.7. The van der Waals surface area contributed by atoms with E-state index < -0.39 is 0 Å². The SMILES string of the molecule is COc1ccc2nc(-c3ccc(OCCN4CCCCC4)c(OC)c3)[nH]c2c1. The molecule has 0 amide bonds. The Kier molecular flexibility index (Phi) is 5.67. The molecule has 3 aromatic rings. The van der Waals surface area contributed by atoms with E-state index >= 15 is 0 Å². The van der Waals surface area contributed by atoms with Crippen LogP contribution in [0.1, 0.15) is 19.3 Å². The van der Waals surface area contributed by atoms with Gasteiger partial charge in [0.2, 0.25) is 0 Å². The summed E-state index contributed by atoms with van der Waals surface area (Å²) in [7, 11) is 3.33. The Morgan fingerprint density at radius 2 is 1.82 bits per heavy atom. The Morgan fingerprint density at radius 3 is 2.61 bits per heavy atom. The molecule has 6 heteroatoms. The molecule has 1 N–H and O–H groups in total. The van der Waals surface area contributed by atoms with E-state index in [9.17, 15) is 0 Å². The molecule has 1 fully saturated rings. The predicted molar refractivity (Wildman–Crippen MR) is 110 cm³/mol. The molecule has 0 radical (unpaired) electrons. The molecule has 2 heterocycles. The van der Waals surface area contributed by atoms with Crippen LogP contribution in [0.3, 0.4) is 0 Å². The molecule has 2 aromatic carbocycles. The summed E-state index contributed by atoms with van der Waals surface area (Å²) in [5.74, 6) is 3.08. The van der Waals surface area contributed by atoms with Crippen molar-refractivity contribution >= 4 is 11.0 Å². The first-order valence-corrected chi connectivity index (χ1v) is 9.84. The number of piperidine rings is 1. The van der Waals surface area contributed by atoms with E-state index in [2.05, 4.69) is 14.9 Å². The summed E-state index contributed by atoms with van der Waals surface area (Å²) in [6.45, 7) is 3.98. The lowest BCUT2D eigenvalue weighted by atomic mass is 10.1. The number of ether oxygens (including phenoxy) is 3. The van der Waals surface area contributed by atoms with Crippen LogP contribution in [0, 0.1) is 0 Å². The number of aromatic nitrogens is 2. The molecular formula is C22H27N3O3. The second kappa shape index (κ2) is 8.52. The number of H-pyrrole nitrogens is 1. The van der Waals surface area contributed by atoms with Crippen LogP contribution in [0.2, 0.25) is 0 Å². The third-order valence-corrected chi connectivity index (χ3v) is 5.24. The molecule has 1 aliphatic heterocycles. The molecule has 1 aromatic heterocycles. The van der Waals surface area contributed by atoms with E-state index in [0.717, 1.165) is 40.5 Å². The minimum absolute atomic E-state index is 0.667. The van der Waals surface area contributed by atoms with Crippen molar-refractivity contribution in [2.45, 2.75) is 19.3 Å². The number of imidazole rings is 1. The highest BCUT2D eigenvalue weighted by molar-refractivity contribution is 5.81. The van der Waals surface area contributed by atoms with E-state index in [0.29, 0.717) is 12.4 Å². The summed E-state index contributed by atoms with van der Waals surface area (Å²) < 4.78 is 16.8. The summed E-state index contributed by atoms with van der Waals surface area (Å²) in [5.41, 5.74) is 2.79. The molecule has 148 valence electrons. The van der Waals surface area contributed by atoms with E-state index in [1.807, 2.05) is 36.4 Å². The zero-order valence-electron chi connectivity index (χ0n) is 16.5. The van der Waals surface area contributed by atoms with Gasteiger partial charge in [0.05, 0.1) is 25.3 Å². The average Bonchev–Trinajstić information content (AvgIpc) is 3.18. The Hall–Kier alpha value is -2.73. The maximum atomic E-state index is 6.00. The van der Waals surface area contributed by atoms with E-state index in [1.165, 1.54) is 32.4 Å². The first-order valence-electron chi connectivity index (χ1n) is 9.84. The number of benzene rings is 2. The molecule has 0 bridgehead atoms. The van der Waals surface area contributed by atoms with Crippen LogP contribution in [-0.2, 0) is 0 Å². The largest absolute Gasteiger partial charge is 0.497 e. The Bertz CT molecular complexity index is 932. The van der Waals surface area contributed by atoms with Gasteiger partial charge in [-0.05, 0) is 56.3 Å². The minimum atomic E-state index is 0.667. The molecule has 0 unspecified atom stereocenters. The molecule has 6 nitrogen and oxygen atoms in total. The number of nitrogens with one attached hydrogen (secondary N) is 1. The van der Waals surface area contributed by atoms with Crippen molar-refractivity contribution in [1.29, 1.82) is 0 Å². The van der Waals surface area contributed by atoms with Crippen LogP contribution in [0.15, 0.2) is 36.4 Å². The zero-order valence-corrected chi connectivity index (χ0v) is 16.5. The lowest BCUT2D eigenvalue weighted by molar-refractivity contribution is 0.180. The third kappa shape index (κ3) is 4.07. The summed E-state index contributed by atoms with van der Waals surface area (Å²) in [5, 5.41) is 0. The highest BCUT2D eigenvalue weighted by Gasteiger charge is 2.13. The van der Waals surface area contributed by atoms with Gasteiger partial charge in [-0.2, -0.15) is 0 Å². The van der Waals surface area contributed by atoms with E-state index in [4.69, 9.17) is 14.2 Å². The molecule has 0 spiro atoms. The molecule has 1 aliphatic rings. The number of fused-ring (bicyclic) bond motifs is 1. The number of hydrogen-bond donors (Lipinski definition) is 1. The fraction of sp³-hybridized carbons (Fsp3) is 0.409. The van der Waals surface area contributed by atoms with Crippen LogP contribution in [0.4, 0.5) is 0 Å². The molecule has 0 saturated carbocycles. The number of methoxy groups -OCH3 is 2. The topological polar surface area (TPSA) is 59.6 Å². The van der Waals surface area contributed by atoms with Gasteiger partial charge in [0.25, 0.3) is 0 Å². The molecule has 1 saturated heterocycles. The van der Waals surface area contributed by atoms with Gasteiger partial charge in [-0.15, -0.1) is 0 Å². The van der Waals surface area contributed by atoms with Gasteiger partial charge in [0.15, 0.2) is 11.5 Å². The summed E-state index contributed by atoms with van der Waals surface area (Å²) in [6.07, 6.45) is 3.93. The second-order valence-electron chi connectivity index (χ2n) is 7.08. The molecule has 4 rings (SSSR count). The van der Waals surface area contributed by atoms with E-state index in [-0.39, 0.29) is 0 Å². The van der Waals surface area contributed by atoms with Gasteiger partial charge in [-0.3, -0.25) is 4.90 Å². The van der Waals surface area contributed by atoms with Gasteiger partial charge in [-0.25, -0.2) is 4.98 Å². The van der Waals surface area contributed by atoms with Crippen LogP contribution < -0.4 is 14.2 Å². The maximum Gasteiger partial charge on any atom is 0.161 e. The highest BCUT2D eigenvalue weighted by atomic mass is 16.5. The maximum absolute atomic E-state index is 6.00. The zero-order chi connectivity index (χ0) is 19.3. The smallest absolute Gasteiger partial charge is 0.161 e. The predicted octanol–water partition coefficient (Wildman–Crippen LogP) is 4.11. The van der Waals surface area contributed by atoms with Gasteiger partial charge in [0.1, 0.15) is 18.2 Å². The minimum Gasteiger partial charge on any atom is -0.497 e. The standard InChI is InChI=1S/C22H27N3O3/c1-26-17-7-8-18-19(15-17)24-22(23-18)16-6-9-20(21(14-16)27-2)28-13-12-25-10-4-3-5-11-25/h6-9,14-15H,3-5,10-13H2,1-2H3,(H,23,24). The summed E-state index contributed by atoms with van der Waals surface area (Å²) in [4.78, 5) is 10.5. The normalized spacial score (nSPS) is 14.9. The molecule has 0 aliphatic carbocycles. The van der Waals surface area contributed by atoms with Crippen LogP contribution in [-0.4, -0.2) is 55.3 Å². The number of likely N-dealkylation sites (tertiary alicyclic amines) is 1. The number of nitrogens with zero attached hydrogens (tertiary/aromatic N) is 2. The molecular weight excluding hydrogens is 354 g/mol. The Labute approximate surface area is 165 Å². The van der Waals surface area contributed by atoms with Crippen molar-refractivity contribution in [2.75, 3.05) is 40.5 Å². The second-order valence-corrected chi connectivity index (χ2v) is 7.08. The van der Waals surface area contributed by atoms with Crippen molar-refractivity contribution in [1.82, 2.24) is 14.9 Å². The number of rotatable bonds is 7. The van der Waals surface area contributed by atoms with Crippen LogP contribution in [0.5, 0.6) is 17.2 Å². The number of hydrogen-bond acceptors (Lipinski definition) is 5. The first kappa shape index (κ1) is 18.6. The number of aromatic amines is 1. The first-order chi connectivity index (χ1) is 13.8. The summed E-state index contributed by atoms with van der Waals surface area (Å²) >= 11 is 0. The van der Waals surface area contributed by atoms with Crippen LogP contribution >= 0.6 is 0 Å². The molecule has 0 atom stereocenters. The lowest BCUT2D eigenvalue weighted by Crippen LogP contribution is -2.33. The van der Waals surface area contributed by atoms with Crippen molar-refractivity contribution in [3.63, 3.8) is 0 Å². The average molecular weight is 381 g/mol. The molecule has 28 heavy (non-hydrogen) atoms. The lowest BCUT2D eigenvalue weighted by Gasteiger charge is -2.26. The Morgan fingerprint density at radius 1 is 0.964 bits per heavy atom. The van der Waals surface area contributed by atoms with Crippen molar-refractivity contribution in [3.8, 4) is 28.6 Å². The fourth-order valence-electron chi connectivity index (χ4n) is 3.65. The van der Waals surface area contributed by atoms with Gasteiger partial charge in [0, 0.05) is 18.2 Å². The van der Waals surface area contributed by atoms with Gasteiger partial charge in [-0.1, -0.05) is 6.42 Å². The third-order valence-electron chi connectivity index (χ3n) is 5.24.